The number of carboxylic acids is 2. The van der Waals surface area contributed by atoms with Crippen molar-refractivity contribution >= 4 is 11.9 Å². The molecule has 0 bridgehead atoms. The van der Waals surface area contributed by atoms with Crippen LogP contribution in [0.1, 0.15) is 65.5 Å². The fourth-order valence-corrected chi connectivity index (χ4v) is 1.68. The van der Waals surface area contributed by atoms with E-state index in [1.165, 1.54) is 25.7 Å². The van der Waals surface area contributed by atoms with Crippen molar-refractivity contribution in [1.29, 1.82) is 0 Å². The Labute approximate surface area is 198 Å². The molecule has 0 spiro atoms. The van der Waals surface area contributed by atoms with E-state index >= 15 is 0 Å². The van der Waals surface area contributed by atoms with Crippen LogP contribution >= 0.6 is 0 Å². The molecule has 0 atom stereocenters. The van der Waals surface area contributed by atoms with Crippen molar-refractivity contribution in [2.75, 3.05) is 0 Å². The van der Waals surface area contributed by atoms with Crippen molar-refractivity contribution in [2.45, 2.75) is 67.2 Å². The van der Waals surface area contributed by atoms with E-state index in [4.69, 9.17) is 19.8 Å². The second-order valence-corrected chi connectivity index (χ2v) is 4.01. The number of rotatable bonds is 0. The molecule has 0 heterocycles. The molecule has 0 aliphatic heterocycles. The normalized spacial score (nSPS) is 9.42. The maximum atomic E-state index is 9.00. The number of aryl methyl sites for hydroxylation is 2. The molecule has 1 aliphatic rings. The Morgan fingerprint density at radius 3 is 1.17 bits per heavy atom. The third kappa shape index (κ3) is 30.3. The van der Waals surface area contributed by atoms with E-state index in [2.05, 4.69) is 24.3 Å². The Hall–Kier alpha value is 0.368. The molecule has 0 saturated heterocycles. The summed E-state index contributed by atoms with van der Waals surface area (Å²) in [6.07, 6.45) is 5.38. The van der Waals surface area contributed by atoms with Crippen LogP contribution in [0.15, 0.2) is 24.3 Å². The van der Waals surface area contributed by atoms with Gasteiger partial charge in [-0.2, -0.15) is 0 Å². The average Bonchev–Trinajstić information content (AvgIpc) is 2.50. The van der Waals surface area contributed by atoms with Gasteiger partial charge in [0.2, 0.25) is 0 Å². The number of carbonyl (C=O) groups is 2. The number of aliphatic carboxylic acids is 2. The van der Waals surface area contributed by atoms with Crippen LogP contribution in [0, 0.1) is 0 Å². The number of hydrogen-bond acceptors (Lipinski definition) is 2. The van der Waals surface area contributed by atoms with Gasteiger partial charge in [0.05, 0.1) is 0 Å². The quantitative estimate of drug-likeness (QED) is 0.549. The summed E-state index contributed by atoms with van der Waals surface area (Å²) in [5, 5.41) is 14.8. The number of benzene rings is 1. The van der Waals surface area contributed by atoms with Crippen LogP contribution in [-0.4, -0.2) is 22.2 Å². The summed E-state index contributed by atoms with van der Waals surface area (Å²) in [6, 6.07) is 8.80. The van der Waals surface area contributed by atoms with E-state index in [-0.39, 0.29) is 65.4 Å². The summed E-state index contributed by atoms with van der Waals surface area (Å²) in [5.41, 5.74) is 3.16. The smallest absolute Gasteiger partial charge is 0.300 e. The molecule has 0 aromatic heterocycles. The topological polar surface area (TPSA) is 74.6 Å². The monoisotopic (exact) mass is 490 g/mol. The maximum absolute atomic E-state index is 9.00. The molecule has 2 rings (SSSR count). The van der Waals surface area contributed by atoms with Gasteiger partial charge in [-0.3, -0.25) is 9.59 Å². The van der Waals surface area contributed by atoms with Crippen LogP contribution in [0.2, 0.25) is 0 Å². The summed E-state index contributed by atoms with van der Waals surface area (Å²) in [7, 11) is 0. The van der Waals surface area contributed by atoms with E-state index < -0.39 is 11.9 Å². The zero-order valence-electron chi connectivity index (χ0n) is 16.0. The van der Waals surface area contributed by atoms with E-state index in [0.29, 0.717) is 0 Å². The fraction of sp³-hybridized carbons (Fsp3) is 0.556. The summed E-state index contributed by atoms with van der Waals surface area (Å²) in [6.45, 7) is 10.2. The molecular weight excluding hydrogens is 458 g/mol. The number of fused-ring (bicyclic) bond motifs is 1. The molecule has 2 N–H and O–H groups in total. The van der Waals surface area contributed by atoms with Gasteiger partial charge >= 0.3 is 0 Å². The largest absolute Gasteiger partial charge is 0.481 e. The van der Waals surface area contributed by atoms with Gasteiger partial charge in [-0.1, -0.05) is 52.0 Å². The van der Waals surface area contributed by atoms with E-state index in [9.17, 15) is 0 Å². The van der Waals surface area contributed by atoms with Crippen LogP contribution in [0.3, 0.4) is 0 Å². The Balaban J connectivity index is -0.0000000745. The Morgan fingerprint density at radius 2 is 0.958 bits per heavy atom. The van der Waals surface area contributed by atoms with Crippen molar-refractivity contribution in [2.24, 2.45) is 0 Å². The first-order chi connectivity index (χ1) is 10.4. The number of hydrogen-bond donors (Lipinski definition) is 2. The Morgan fingerprint density at radius 1 is 0.750 bits per heavy atom. The summed E-state index contributed by atoms with van der Waals surface area (Å²) >= 11 is 0. The van der Waals surface area contributed by atoms with Crippen LogP contribution in [0.4, 0.5) is 0 Å². The first kappa shape index (κ1) is 35.5. The number of carboxylic acid groups (broad SMARTS) is 2. The molecule has 24 heavy (non-hydrogen) atoms. The molecule has 0 saturated carbocycles. The van der Waals surface area contributed by atoms with E-state index in [0.717, 1.165) is 13.8 Å². The minimum atomic E-state index is -0.833. The molecular formula is C18H32O4Y2. The van der Waals surface area contributed by atoms with Gasteiger partial charge in [0.1, 0.15) is 0 Å². The molecule has 1 aromatic rings. The molecule has 134 valence electrons. The molecule has 0 unspecified atom stereocenters. The predicted octanol–water partition coefficient (Wildman–Crippen LogP) is 4.79. The van der Waals surface area contributed by atoms with Gasteiger partial charge in [-0.25, -0.2) is 0 Å². The van der Waals surface area contributed by atoms with Crippen LogP contribution in [0.25, 0.3) is 0 Å². The van der Waals surface area contributed by atoms with Gasteiger partial charge in [-0.05, 0) is 36.8 Å². The standard InChI is InChI=1S/C10H12.2C2H4O2.2C2H6.2Y/c1-2-6-10-8-4-3-7-9(10)5-1;2*1-2(3)4;2*1-2;;/h1-2,5-6H,3-4,7-8H2;2*1H3,(H,3,4);2*1-2H3;;. The van der Waals surface area contributed by atoms with Crippen molar-refractivity contribution < 1.29 is 85.2 Å². The third-order valence-electron chi connectivity index (χ3n) is 2.26. The van der Waals surface area contributed by atoms with Gasteiger partial charge in [0.15, 0.2) is 0 Å². The predicted molar refractivity (Wildman–Crippen MR) is 92.4 cm³/mol. The summed E-state index contributed by atoms with van der Waals surface area (Å²) in [5.74, 6) is -1.67. The van der Waals surface area contributed by atoms with Gasteiger partial charge < -0.3 is 10.2 Å². The molecule has 1 aromatic carbocycles. The van der Waals surface area contributed by atoms with Gasteiger partial charge in [-0.15, -0.1) is 0 Å². The molecule has 0 fully saturated rings. The zero-order chi connectivity index (χ0) is 18.0. The fourth-order valence-electron chi connectivity index (χ4n) is 1.68. The molecule has 0 amide bonds. The summed E-state index contributed by atoms with van der Waals surface area (Å²) < 4.78 is 0. The summed E-state index contributed by atoms with van der Waals surface area (Å²) in [4.78, 5) is 18.0. The first-order valence-electron chi connectivity index (χ1n) is 7.89. The van der Waals surface area contributed by atoms with Crippen LogP contribution < -0.4 is 0 Å². The van der Waals surface area contributed by atoms with Crippen molar-refractivity contribution in [1.82, 2.24) is 0 Å². The van der Waals surface area contributed by atoms with E-state index in [1.807, 2.05) is 27.7 Å². The SMILES string of the molecule is CC.CC.CC(=O)O.CC(=O)O.[Y].[Y].c1ccc2c(c1)CCCC2. The molecule has 4 nitrogen and oxygen atoms in total. The zero-order valence-corrected chi connectivity index (χ0v) is 21.7. The second kappa shape index (κ2) is 28.2. The Kier molecular flexibility index (Phi) is 41.7. The Bertz CT molecular complexity index is 351. The maximum Gasteiger partial charge on any atom is 0.300 e. The van der Waals surface area contributed by atoms with Crippen LogP contribution in [0.5, 0.6) is 0 Å². The van der Waals surface area contributed by atoms with Gasteiger partial charge in [0.25, 0.3) is 11.9 Å². The molecule has 2 radical (unpaired) electrons. The second-order valence-electron chi connectivity index (χ2n) is 4.01. The van der Waals surface area contributed by atoms with Gasteiger partial charge in [0, 0.05) is 79.3 Å². The van der Waals surface area contributed by atoms with E-state index in [1.54, 1.807) is 11.1 Å². The third-order valence-corrected chi connectivity index (χ3v) is 2.26. The minimum Gasteiger partial charge on any atom is -0.481 e. The average molecular weight is 490 g/mol. The minimum absolute atomic E-state index is 0. The van der Waals surface area contributed by atoms with Crippen molar-refractivity contribution in [3.8, 4) is 0 Å². The van der Waals surface area contributed by atoms with Crippen molar-refractivity contribution in [3.63, 3.8) is 0 Å². The molecule has 6 heteroatoms. The van der Waals surface area contributed by atoms with Crippen molar-refractivity contribution in [3.05, 3.63) is 35.4 Å². The first-order valence-corrected chi connectivity index (χ1v) is 7.89. The molecule has 1 aliphatic carbocycles. The van der Waals surface area contributed by atoms with Crippen LogP contribution in [-0.2, 0) is 87.8 Å².